The quantitative estimate of drug-likeness (QED) is 0.316. The van der Waals surface area contributed by atoms with Crippen molar-refractivity contribution in [2.75, 3.05) is 0 Å². The van der Waals surface area contributed by atoms with Gasteiger partial charge in [0.1, 0.15) is 0 Å². The van der Waals surface area contributed by atoms with E-state index < -0.39 is 5.97 Å². The van der Waals surface area contributed by atoms with Gasteiger partial charge in [0, 0.05) is 18.6 Å². The lowest BCUT2D eigenvalue weighted by atomic mass is 10.1. The van der Waals surface area contributed by atoms with Crippen LogP contribution in [0.5, 0.6) is 0 Å². The minimum absolute atomic E-state index is 0.188. The summed E-state index contributed by atoms with van der Waals surface area (Å²) in [6, 6.07) is 8.76. The molecule has 0 aliphatic rings. The van der Waals surface area contributed by atoms with Gasteiger partial charge >= 0.3 is 5.97 Å². The Hall–Kier alpha value is -1.90. The zero-order valence-electron chi connectivity index (χ0n) is 7.77. The molecule has 0 aliphatic carbocycles. The third-order valence-corrected chi connectivity index (χ3v) is 1.51. The number of rotatable bonds is 3. The third kappa shape index (κ3) is 3.23. The van der Waals surface area contributed by atoms with Gasteiger partial charge in [-0.15, -0.1) is 0 Å². The van der Waals surface area contributed by atoms with Gasteiger partial charge < -0.3 is 4.74 Å². The van der Waals surface area contributed by atoms with Gasteiger partial charge in [-0.2, -0.15) is 0 Å². The fraction of sp³-hybridized carbons (Fsp3) is 0.0909. The van der Waals surface area contributed by atoms with Crippen LogP contribution in [0.2, 0.25) is 0 Å². The molecule has 0 spiro atoms. The molecule has 72 valence electrons. The highest BCUT2D eigenvalue weighted by molar-refractivity contribution is 6.04. The summed E-state index contributed by atoms with van der Waals surface area (Å²) < 4.78 is 4.49. The number of esters is 1. The fourth-order valence-electron chi connectivity index (χ4n) is 0.890. The molecule has 0 aromatic heterocycles. The average Bonchev–Trinajstić information content (AvgIpc) is 2.18. The maximum atomic E-state index is 11.3. The van der Waals surface area contributed by atoms with Crippen LogP contribution < -0.4 is 0 Å². The smallest absolute Gasteiger partial charge is 0.307 e. The molecule has 1 aromatic rings. The van der Waals surface area contributed by atoms with Crippen LogP contribution in [0.3, 0.4) is 0 Å². The van der Waals surface area contributed by atoms with E-state index in [-0.39, 0.29) is 5.78 Å². The van der Waals surface area contributed by atoms with E-state index in [0.717, 1.165) is 6.26 Å². The van der Waals surface area contributed by atoms with Crippen molar-refractivity contribution in [2.45, 2.75) is 6.92 Å². The van der Waals surface area contributed by atoms with Crippen LogP contribution in [0.15, 0.2) is 42.7 Å². The topological polar surface area (TPSA) is 43.4 Å². The van der Waals surface area contributed by atoms with E-state index in [1.165, 1.54) is 13.0 Å². The largest absolute Gasteiger partial charge is 0.435 e. The normalized spacial score (nSPS) is 10.1. The molecule has 0 aliphatic heterocycles. The van der Waals surface area contributed by atoms with Gasteiger partial charge in [0.2, 0.25) is 0 Å². The highest BCUT2D eigenvalue weighted by Gasteiger charge is 1.99. The summed E-state index contributed by atoms with van der Waals surface area (Å²) >= 11 is 0. The molecule has 0 unspecified atom stereocenters. The lowest BCUT2D eigenvalue weighted by molar-refractivity contribution is -0.135. The van der Waals surface area contributed by atoms with Gasteiger partial charge in [-0.05, 0) is 0 Å². The highest BCUT2D eigenvalue weighted by atomic mass is 16.5. The predicted octanol–water partition coefficient (Wildman–Crippen LogP) is 1.95. The van der Waals surface area contributed by atoms with Crippen molar-refractivity contribution in [3.8, 4) is 0 Å². The van der Waals surface area contributed by atoms with Crippen LogP contribution in [0.25, 0.3) is 0 Å². The Morgan fingerprint density at radius 3 is 2.43 bits per heavy atom. The second-order valence-electron chi connectivity index (χ2n) is 2.64. The maximum absolute atomic E-state index is 11.3. The van der Waals surface area contributed by atoms with Crippen LogP contribution in [0.1, 0.15) is 17.3 Å². The number of carbonyl (C=O) groups is 2. The Morgan fingerprint density at radius 2 is 1.86 bits per heavy atom. The molecule has 0 heterocycles. The molecule has 0 N–H and O–H groups in total. The van der Waals surface area contributed by atoms with E-state index in [4.69, 9.17) is 0 Å². The van der Waals surface area contributed by atoms with Crippen LogP contribution in [0, 0.1) is 0 Å². The molecular formula is C11H10O3. The van der Waals surface area contributed by atoms with Crippen LogP contribution in [-0.2, 0) is 9.53 Å². The number of hydrogen-bond acceptors (Lipinski definition) is 3. The van der Waals surface area contributed by atoms with Gasteiger partial charge in [-0.3, -0.25) is 9.59 Å². The molecule has 0 atom stereocenters. The van der Waals surface area contributed by atoms with Gasteiger partial charge in [0.05, 0.1) is 6.26 Å². The van der Waals surface area contributed by atoms with Crippen molar-refractivity contribution < 1.29 is 14.3 Å². The number of carbonyl (C=O) groups excluding carboxylic acids is 2. The highest BCUT2D eigenvalue weighted by Crippen LogP contribution is 2.00. The first-order valence-corrected chi connectivity index (χ1v) is 4.13. The molecule has 0 saturated heterocycles. The van der Waals surface area contributed by atoms with Gasteiger partial charge in [0.15, 0.2) is 5.78 Å². The first-order chi connectivity index (χ1) is 6.70. The molecule has 0 fully saturated rings. The van der Waals surface area contributed by atoms with Gasteiger partial charge in [0.25, 0.3) is 0 Å². The molecule has 3 nitrogen and oxygen atoms in total. The molecule has 0 amide bonds. The Kier molecular flexibility index (Phi) is 3.61. The summed E-state index contributed by atoms with van der Waals surface area (Å²) in [6.45, 7) is 1.28. The summed E-state index contributed by atoms with van der Waals surface area (Å²) in [7, 11) is 0. The molecule has 0 bridgehead atoms. The third-order valence-electron chi connectivity index (χ3n) is 1.51. The fourth-order valence-corrected chi connectivity index (χ4v) is 0.890. The number of benzene rings is 1. The summed E-state index contributed by atoms with van der Waals surface area (Å²) in [5.74, 6) is -0.631. The summed E-state index contributed by atoms with van der Waals surface area (Å²) in [4.78, 5) is 21.7. The minimum Gasteiger partial charge on any atom is -0.435 e. The number of ether oxygens (including phenoxy) is 1. The van der Waals surface area contributed by atoms with Crippen molar-refractivity contribution in [1.29, 1.82) is 0 Å². The van der Waals surface area contributed by atoms with Gasteiger partial charge in [-0.1, -0.05) is 30.3 Å². The first kappa shape index (κ1) is 10.2. The molecule has 3 heteroatoms. The van der Waals surface area contributed by atoms with Crippen molar-refractivity contribution in [3.63, 3.8) is 0 Å². The Bertz CT molecular complexity index is 352. The lowest BCUT2D eigenvalue weighted by Gasteiger charge is -1.93. The Morgan fingerprint density at radius 1 is 1.21 bits per heavy atom. The summed E-state index contributed by atoms with van der Waals surface area (Å²) in [6.07, 6.45) is 2.31. The number of allylic oxidation sites excluding steroid dienone is 1. The number of ketones is 1. The van der Waals surface area contributed by atoms with E-state index in [1.54, 1.807) is 24.3 Å². The molecule has 1 rings (SSSR count). The Balaban J connectivity index is 2.59. The Labute approximate surface area is 82.0 Å². The first-order valence-electron chi connectivity index (χ1n) is 4.13. The van der Waals surface area contributed by atoms with Crippen LogP contribution in [0.4, 0.5) is 0 Å². The minimum atomic E-state index is -0.442. The van der Waals surface area contributed by atoms with Crippen LogP contribution >= 0.6 is 0 Å². The number of hydrogen-bond donors (Lipinski definition) is 0. The van der Waals surface area contributed by atoms with Crippen molar-refractivity contribution in [1.82, 2.24) is 0 Å². The molecule has 0 saturated carbocycles. The molecule has 1 aromatic carbocycles. The maximum Gasteiger partial charge on any atom is 0.307 e. The van der Waals surface area contributed by atoms with Crippen molar-refractivity contribution in [3.05, 3.63) is 48.2 Å². The monoisotopic (exact) mass is 190 g/mol. The predicted molar refractivity (Wildman–Crippen MR) is 51.7 cm³/mol. The zero-order chi connectivity index (χ0) is 10.4. The summed E-state index contributed by atoms with van der Waals surface area (Å²) in [5.41, 5.74) is 0.566. The zero-order valence-corrected chi connectivity index (χ0v) is 7.77. The van der Waals surface area contributed by atoms with E-state index in [2.05, 4.69) is 4.74 Å². The van der Waals surface area contributed by atoms with E-state index in [1.807, 2.05) is 6.07 Å². The SMILES string of the molecule is CC(=O)OC=CC(=O)c1ccccc1. The lowest BCUT2D eigenvalue weighted by Crippen LogP contribution is -1.95. The second kappa shape index (κ2) is 4.97. The van der Waals surface area contributed by atoms with Crippen molar-refractivity contribution >= 4 is 11.8 Å². The van der Waals surface area contributed by atoms with Crippen LogP contribution in [-0.4, -0.2) is 11.8 Å². The molecular weight excluding hydrogens is 180 g/mol. The van der Waals surface area contributed by atoms with E-state index >= 15 is 0 Å². The average molecular weight is 190 g/mol. The molecule has 0 radical (unpaired) electrons. The van der Waals surface area contributed by atoms with Gasteiger partial charge in [-0.25, -0.2) is 0 Å². The van der Waals surface area contributed by atoms with E-state index in [0.29, 0.717) is 5.56 Å². The van der Waals surface area contributed by atoms with Crippen molar-refractivity contribution in [2.24, 2.45) is 0 Å². The van der Waals surface area contributed by atoms with E-state index in [9.17, 15) is 9.59 Å². The second-order valence-corrected chi connectivity index (χ2v) is 2.64. The molecule has 14 heavy (non-hydrogen) atoms. The standard InChI is InChI=1S/C11H10O3/c1-9(12)14-8-7-11(13)10-5-3-2-4-6-10/h2-8H,1H3. The summed E-state index contributed by atoms with van der Waals surface area (Å²) in [5, 5.41) is 0.